The van der Waals surface area contributed by atoms with Crippen LogP contribution in [0.4, 0.5) is 0 Å². The van der Waals surface area contributed by atoms with Gasteiger partial charge in [0.25, 0.3) is 5.91 Å². The van der Waals surface area contributed by atoms with Gasteiger partial charge >= 0.3 is 0 Å². The van der Waals surface area contributed by atoms with Gasteiger partial charge in [0.15, 0.2) is 0 Å². The maximum atomic E-state index is 13.3. The van der Waals surface area contributed by atoms with Crippen LogP contribution in [-0.4, -0.2) is 60.5 Å². The molecule has 36 heavy (non-hydrogen) atoms. The second kappa shape index (κ2) is 12.7. The molecular formula is C31H39N3O2. The first-order chi connectivity index (χ1) is 17.5. The van der Waals surface area contributed by atoms with Crippen LogP contribution in [0.3, 0.4) is 0 Å². The molecule has 190 valence electrons. The lowest BCUT2D eigenvalue weighted by Crippen LogP contribution is -2.47. The summed E-state index contributed by atoms with van der Waals surface area (Å²) in [6.07, 6.45) is 5.84. The number of rotatable bonds is 10. The van der Waals surface area contributed by atoms with Gasteiger partial charge in [-0.1, -0.05) is 55.5 Å². The van der Waals surface area contributed by atoms with Crippen molar-refractivity contribution in [2.45, 2.75) is 44.6 Å². The Kier molecular flexibility index (Phi) is 9.12. The van der Waals surface area contributed by atoms with Crippen LogP contribution in [0.25, 0.3) is 0 Å². The Morgan fingerprint density at radius 2 is 1.81 bits per heavy atom. The molecule has 5 heteroatoms. The number of nitrogens with zero attached hydrogens (tertiary/aromatic N) is 3. The maximum Gasteiger partial charge on any atom is 0.272 e. The molecule has 3 aromatic rings. The number of benzene rings is 2. The van der Waals surface area contributed by atoms with Crippen LogP contribution in [0.2, 0.25) is 0 Å². The van der Waals surface area contributed by atoms with E-state index < -0.39 is 0 Å². The van der Waals surface area contributed by atoms with Gasteiger partial charge in [-0.3, -0.25) is 9.78 Å². The molecule has 4 rings (SSSR count). The second-order valence-corrected chi connectivity index (χ2v) is 10.0. The molecule has 0 unspecified atom stereocenters. The Morgan fingerprint density at radius 3 is 2.50 bits per heavy atom. The Hall–Kier alpha value is -3.18. The number of hydrogen-bond acceptors (Lipinski definition) is 4. The Bertz CT molecular complexity index is 1080. The highest BCUT2D eigenvalue weighted by Gasteiger charge is 2.32. The first-order valence-electron chi connectivity index (χ1n) is 13.1. The van der Waals surface area contributed by atoms with Crippen LogP contribution in [-0.2, 0) is 6.42 Å². The number of pyridine rings is 1. The molecule has 1 amide bonds. The zero-order valence-electron chi connectivity index (χ0n) is 21.8. The van der Waals surface area contributed by atoms with Crippen LogP contribution in [0.1, 0.15) is 53.7 Å². The van der Waals surface area contributed by atoms with Crippen LogP contribution < -0.4 is 4.74 Å². The first-order valence-corrected chi connectivity index (χ1v) is 13.1. The molecule has 1 fully saturated rings. The number of likely N-dealkylation sites (tertiary alicyclic amines) is 1. The molecule has 0 aliphatic carbocycles. The second-order valence-electron chi connectivity index (χ2n) is 10.0. The Morgan fingerprint density at radius 1 is 1.06 bits per heavy atom. The van der Waals surface area contributed by atoms with E-state index in [9.17, 15) is 4.79 Å². The van der Waals surface area contributed by atoms with Crippen molar-refractivity contribution in [3.05, 3.63) is 95.8 Å². The summed E-state index contributed by atoms with van der Waals surface area (Å²) in [6.45, 7) is 5.59. The lowest BCUT2D eigenvalue weighted by molar-refractivity contribution is 0.0583. The van der Waals surface area contributed by atoms with E-state index in [-0.39, 0.29) is 11.9 Å². The zero-order valence-corrected chi connectivity index (χ0v) is 21.8. The third-order valence-corrected chi connectivity index (χ3v) is 7.70. The third-order valence-electron chi connectivity index (χ3n) is 7.70. The van der Waals surface area contributed by atoms with Gasteiger partial charge in [-0.05, 0) is 92.5 Å². The van der Waals surface area contributed by atoms with Crippen molar-refractivity contribution in [1.29, 1.82) is 0 Å². The molecule has 2 atom stereocenters. The summed E-state index contributed by atoms with van der Waals surface area (Å²) < 4.78 is 5.45. The number of hydrogen-bond donors (Lipinski definition) is 0. The van der Waals surface area contributed by atoms with Crippen LogP contribution in [0.5, 0.6) is 5.75 Å². The molecule has 5 nitrogen and oxygen atoms in total. The van der Waals surface area contributed by atoms with Crippen molar-refractivity contribution >= 4 is 5.91 Å². The van der Waals surface area contributed by atoms with Crippen LogP contribution in [0, 0.1) is 5.92 Å². The number of carbonyl (C=O) groups is 1. The first kappa shape index (κ1) is 25.9. The number of ether oxygens (including phenoxy) is 1. The van der Waals surface area contributed by atoms with E-state index in [1.807, 2.05) is 36.2 Å². The monoisotopic (exact) mass is 485 g/mol. The normalized spacial score (nSPS) is 16.3. The average Bonchev–Trinajstić information content (AvgIpc) is 2.95. The summed E-state index contributed by atoms with van der Waals surface area (Å²) in [4.78, 5) is 22.2. The number of amides is 1. The van der Waals surface area contributed by atoms with Gasteiger partial charge in [-0.2, -0.15) is 0 Å². The van der Waals surface area contributed by atoms with E-state index in [2.05, 4.69) is 59.3 Å². The summed E-state index contributed by atoms with van der Waals surface area (Å²) in [5.74, 6) is 1.85. The molecular weight excluding hydrogens is 446 g/mol. The van der Waals surface area contributed by atoms with E-state index in [0.29, 0.717) is 17.5 Å². The molecule has 2 aromatic carbocycles. The molecule has 0 bridgehead atoms. The minimum absolute atomic E-state index is 0.0115. The molecule has 0 radical (unpaired) electrons. The molecule has 2 heterocycles. The fourth-order valence-corrected chi connectivity index (χ4v) is 5.37. The quantitative estimate of drug-likeness (QED) is 0.371. The van der Waals surface area contributed by atoms with E-state index >= 15 is 0 Å². The van der Waals surface area contributed by atoms with Gasteiger partial charge < -0.3 is 14.5 Å². The number of carbonyl (C=O) groups excluding carboxylic acids is 1. The van der Waals surface area contributed by atoms with Crippen molar-refractivity contribution in [3.63, 3.8) is 0 Å². The standard InChI is InChI=1S/C31H39N3O2/c1-24(26-11-5-4-6-12-26)15-19-34-20-16-27(17-21-34)30(23-25-10-9-13-28(22-25)36-3)33(2)31(35)29-14-7-8-18-32-29/h4-14,18,22,24,27,30H,15-17,19-21,23H2,1-3H3/t24-,30+/m0/s1. The molecule has 0 N–H and O–H groups in total. The molecule has 0 saturated carbocycles. The van der Waals surface area contributed by atoms with E-state index in [0.717, 1.165) is 44.6 Å². The van der Waals surface area contributed by atoms with E-state index in [4.69, 9.17) is 4.74 Å². The number of piperidine rings is 1. The summed E-state index contributed by atoms with van der Waals surface area (Å²) >= 11 is 0. The van der Waals surface area contributed by atoms with Crippen molar-refractivity contribution in [2.75, 3.05) is 33.8 Å². The molecule has 0 spiro atoms. The Balaban J connectivity index is 1.41. The van der Waals surface area contributed by atoms with E-state index in [1.165, 1.54) is 17.5 Å². The summed E-state index contributed by atoms with van der Waals surface area (Å²) in [5, 5.41) is 0. The van der Waals surface area contributed by atoms with E-state index in [1.54, 1.807) is 19.4 Å². The molecule has 1 aliphatic heterocycles. The smallest absolute Gasteiger partial charge is 0.272 e. The fourth-order valence-electron chi connectivity index (χ4n) is 5.37. The van der Waals surface area contributed by atoms with Crippen LogP contribution >= 0.6 is 0 Å². The van der Waals surface area contributed by atoms with Crippen LogP contribution in [0.15, 0.2) is 79.0 Å². The van der Waals surface area contributed by atoms with Gasteiger partial charge in [0.05, 0.1) is 7.11 Å². The predicted octanol–water partition coefficient (Wildman–Crippen LogP) is 5.68. The van der Waals surface area contributed by atoms with Gasteiger partial charge in [0.2, 0.25) is 0 Å². The number of methoxy groups -OCH3 is 1. The Labute approximate surface area is 216 Å². The highest BCUT2D eigenvalue weighted by atomic mass is 16.5. The minimum Gasteiger partial charge on any atom is -0.497 e. The molecule has 1 aliphatic rings. The topological polar surface area (TPSA) is 45.7 Å². The van der Waals surface area contributed by atoms with Crippen molar-refractivity contribution in [3.8, 4) is 5.75 Å². The molecule has 1 aromatic heterocycles. The third kappa shape index (κ3) is 6.73. The highest BCUT2D eigenvalue weighted by Crippen LogP contribution is 2.29. The lowest BCUT2D eigenvalue weighted by atomic mass is 9.84. The summed E-state index contributed by atoms with van der Waals surface area (Å²) in [7, 11) is 3.64. The average molecular weight is 486 g/mol. The van der Waals surface area contributed by atoms with Gasteiger partial charge in [0.1, 0.15) is 11.4 Å². The summed E-state index contributed by atoms with van der Waals surface area (Å²) in [5.41, 5.74) is 3.11. The van der Waals surface area contributed by atoms with Gasteiger partial charge in [-0.15, -0.1) is 0 Å². The predicted molar refractivity (Wildman–Crippen MR) is 145 cm³/mol. The van der Waals surface area contributed by atoms with Gasteiger partial charge in [-0.25, -0.2) is 0 Å². The number of aromatic nitrogens is 1. The SMILES string of the molecule is COc1cccc(C[C@H](C2CCN(CC[C@H](C)c3ccccc3)CC2)N(C)C(=O)c2ccccn2)c1. The van der Waals surface area contributed by atoms with Crippen molar-refractivity contribution in [2.24, 2.45) is 5.92 Å². The number of likely N-dealkylation sites (N-methyl/N-ethyl adjacent to an activating group) is 1. The zero-order chi connectivity index (χ0) is 25.3. The summed E-state index contributed by atoms with van der Waals surface area (Å²) in [6, 6.07) is 24.7. The van der Waals surface area contributed by atoms with Gasteiger partial charge in [0, 0.05) is 19.3 Å². The largest absolute Gasteiger partial charge is 0.497 e. The van der Waals surface area contributed by atoms with Crippen molar-refractivity contribution in [1.82, 2.24) is 14.8 Å². The maximum absolute atomic E-state index is 13.3. The fraction of sp³-hybridized carbons (Fsp3) is 0.419. The highest BCUT2D eigenvalue weighted by molar-refractivity contribution is 5.92. The lowest BCUT2D eigenvalue weighted by Gasteiger charge is -2.40. The minimum atomic E-state index is -0.0115. The molecule has 1 saturated heterocycles. The van der Waals surface area contributed by atoms with Crippen molar-refractivity contribution < 1.29 is 9.53 Å².